The van der Waals surface area contributed by atoms with Crippen LogP contribution in [0.3, 0.4) is 0 Å². The second-order valence-electron chi connectivity index (χ2n) is 6.53. The minimum atomic E-state index is -4.02. The third kappa shape index (κ3) is 6.35. The predicted molar refractivity (Wildman–Crippen MR) is 126 cm³/mol. The van der Waals surface area contributed by atoms with Crippen molar-refractivity contribution in [3.05, 3.63) is 92.4 Å². The lowest BCUT2D eigenvalue weighted by atomic mass is 10.2. The molecule has 0 aromatic heterocycles. The third-order valence-corrected chi connectivity index (χ3v) is 7.07. The lowest BCUT2D eigenvalue weighted by Gasteiger charge is -2.22. The van der Waals surface area contributed by atoms with Gasteiger partial charge in [-0.1, -0.05) is 58.5 Å². The van der Waals surface area contributed by atoms with Crippen LogP contribution in [0.5, 0.6) is 0 Å². The van der Waals surface area contributed by atoms with Gasteiger partial charge in [-0.25, -0.2) is 8.42 Å². The summed E-state index contributed by atoms with van der Waals surface area (Å²) in [7, 11) is -4.02. The summed E-state index contributed by atoms with van der Waals surface area (Å²) in [6.45, 7) is -0.510. The fraction of sp³-hybridized carbons (Fsp3) is 0.0952. The van der Waals surface area contributed by atoms with Gasteiger partial charge in [0.2, 0.25) is 15.9 Å². The summed E-state index contributed by atoms with van der Waals surface area (Å²) in [6.07, 6.45) is 0. The van der Waals surface area contributed by atoms with E-state index in [-0.39, 0.29) is 16.5 Å². The van der Waals surface area contributed by atoms with E-state index in [2.05, 4.69) is 5.32 Å². The van der Waals surface area contributed by atoms with E-state index in [1.165, 1.54) is 36.4 Å². The largest absolute Gasteiger partial charge is 0.324 e. The summed E-state index contributed by atoms with van der Waals surface area (Å²) < 4.78 is 27.6. The van der Waals surface area contributed by atoms with Gasteiger partial charge >= 0.3 is 0 Å². The molecule has 0 bridgehead atoms. The van der Waals surface area contributed by atoms with Crippen LogP contribution in [-0.4, -0.2) is 25.2 Å². The van der Waals surface area contributed by atoms with Gasteiger partial charge in [-0.2, -0.15) is 4.31 Å². The molecule has 0 aliphatic heterocycles. The fourth-order valence-electron chi connectivity index (χ4n) is 2.76. The fourth-order valence-corrected chi connectivity index (χ4v) is 4.94. The Bertz CT molecular complexity index is 1200. The molecule has 1 amide bonds. The maximum Gasteiger partial charge on any atom is 0.243 e. The molecule has 0 unspecified atom stereocenters. The molecule has 3 rings (SSSR count). The zero-order valence-corrected chi connectivity index (χ0v) is 19.7. The maximum absolute atomic E-state index is 13.3. The monoisotopic (exact) mass is 516 g/mol. The van der Waals surface area contributed by atoms with Crippen LogP contribution in [0, 0.1) is 0 Å². The van der Waals surface area contributed by atoms with E-state index >= 15 is 0 Å². The van der Waals surface area contributed by atoms with Crippen molar-refractivity contribution in [2.24, 2.45) is 0 Å². The molecule has 0 heterocycles. The molecule has 0 saturated carbocycles. The molecule has 0 saturated heterocycles. The van der Waals surface area contributed by atoms with Gasteiger partial charge in [-0.3, -0.25) is 4.79 Å². The summed E-state index contributed by atoms with van der Waals surface area (Å²) in [5, 5.41) is 4.12. The zero-order valence-electron chi connectivity index (χ0n) is 15.9. The number of benzene rings is 3. The first-order chi connectivity index (χ1) is 14.6. The van der Waals surface area contributed by atoms with Gasteiger partial charge in [0, 0.05) is 21.6 Å². The zero-order chi connectivity index (χ0) is 22.6. The van der Waals surface area contributed by atoms with Crippen molar-refractivity contribution in [2.75, 3.05) is 11.9 Å². The Hall–Kier alpha value is -1.80. The number of hydrogen-bond acceptors (Lipinski definition) is 3. The number of hydrogen-bond donors (Lipinski definition) is 1. The van der Waals surface area contributed by atoms with Crippen LogP contribution in [0.25, 0.3) is 0 Å². The normalized spacial score (nSPS) is 11.5. The van der Waals surface area contributed by atoms with E-state index in [4.69, 9.17) is 46.4 Å². The second kappa shape index (κ2) is 10.2. The molecule has 1 N–H and O–H groups in total. The number of halogens is 4. The van der Waals surface area contributed by atoms with Crippen LogP contribution in [0.2, 0.25) is 20.1 Å². The highest BCUT2D eigenvalue weighted by molar-refractivity contribution is 7.89. The molecule has 0 radical (unpaired) electrons. The van der Waals surface area contributed by atoms with Crippen LogP contribution < -0.4 is 5.32 Å². The van der Waals surface area contributed by atoms with E-state index in [1.807, 2.05) is 0 Å². The van der Waals surface area contributed by atoms with Crippen LogP contribution in [0.1, 0.15) is 5.56 Å². The van der Waals surface area contributed by atoms with Crippen molar-refractivity contribution in [3.63, 3.8) is 0 Å². The number of carbonyl (C=O) groups is 1. The molecule has 31 heavy (non-hydrogen) atoms. The highest BCUT2D eigenvalue weighted by atomic mass is 35.5. The summed E-state index contributed by atoms with van der Waals surface area (Å²) in [5.41, 5.74) is 0.949. The molecular formula is C21H16Cl4N2O3S. The molecule has 162 valence electrons. The number of nitrogens with zero attached hydrogens (tertiary/aromatic N) is 1. The number of carbonyl (C=O) groups excluding carboxylic acids is 1. The third-order valence-electron chi connectivity index (χ3n) is 4.22. The van der Waals surface area contributed by atoms with Crippen molar-refractivity contribution < 1.29 is 13.2 Å². The molecule has 0 spiro atoms. The van der Waals surface area contributed by atoms with Gasteiger partial charge in [-0.05, 0) is 60.2 Å². The van der Waals surface area contributed by atoms with Crippen molar-refractivity contribution in [1.29, 1.82) is 0 Å². The molecule has 0 atom stereocenters. The Labute approximate surface area is 200 Å². The van der Waals surface area contributed by atoms with Crippen LogP contribution in [0.4, 0.5) is 5.69 Å². The molecule has 0 aliphatic rings. The van der Waals surface area contributed by atoms with Gasteiger partial charge < -0.3 is 5.32 Å². The Kier molecular flexibility index (Phi) is 7.86. The molecule has 0 aliphatic carbocycles. The maximum atomic E-state index is 13.3. The average molecular weight is 518 g/mol. The van der Waals surface area contributed by atoms with Crippen LogP contribution in [0.15, 0.2) is 71.6 Å². The molecule has 10 heteroatoms. The summed E-state index contributed by atoms with van der Waals surface area (Å²) in [5.74, 6) is -0.566. The van der Waals surface area contributed by atoms with Crippen LogP contribution >= 0.6 is 46.4 Å². The lowest BCUT2D eigenvalue weighted by molar-refractivity contribution is -0.116. The molecule has 3 aromatic carbocycles. The summed E-state index contributed by atoms with van der Waals surface area (Å²) in [6, 6.07) is 17.1. The van der Waals surface area contributed by atoms with E-state index < -0.39 is 22.5 Å². The van der Waals surface area contributed by atoms with Gasteiger partial charge in [-0.15, -0.1) is 0 Å². The first-order valence-corrected chi connectivity index (χ1v) is 11.9. The first-order valence-electron chi connectivity index (χ1n) is 8.90. The van der Waals surface area contributed by atoms with Crippen molar-refractivity contribution in [2.45, 2.75) is 11.4 Å². The highest BCUT2D eigenvalue weighted by Crippen LogP contribution is 2.26. The Balaban J connectivity index is 1.89. The van der Waals surface area contributed by atoms with Crippen LogP contribution in [-0.2, 0) is 21.4 Å². The Morgan fingerprint density at radius 1 is 0.839 bits per heavy atom. The first kappa shape index (κ1) is 23.9. The van der Waals surface area contributed by atoms with Crippen molar-refractivity contribution >= 4 is 68.0 Å². The van der Waals surface area contributed by atoms with Gasteiger partial charge in [0.05, 0.1) is 22.2 Å². The van der Waals surface area contributed by atoms with E-state index in [0.717, 1.165) is 4.31 Å². The molecule has 5 nitrogen and oxygen atoms in total. The quantitative estimate of drug-likeness (QED) is 0.410. The van der Waals surface area contributed by atoms with Gasteiger partial charge in [0.15, 0.2) is 0 Å². The standard InChI is InChI=1S/C21H16Cl4N2O3S/c22-15-4-7-18(8-5-15)31(29,30)27(12-14-2-1-3-16(23)10-14)13-21(28)26-20-9-6-17(24)11-19(20)25/h1-11H,12-13H2,(H,26,28). The van der Waals surface area contributed by atoms with Gasteiger partial charge in [0.1, 0.15) is 0 Å². The number of nitrogens with one attached hydrogen (secondary N) is 1. The number of anilines is 1. The van der Waals surface area contributed by atoms with Gasteiger partial charge in [0.25, 0.3) is 0 Å². The molecular weight excluding hydrogens is 502 g/mol. The highest BCUT2D eigenvalue weighted by Gasteiger charge is 2.27. The summed E-state index contributed by atoms with van der Waals surface area (Å²) in [4.78, 5) is 12.7. The van der Waals surface area contributed by atoms with Crippen molar-refractivity contribution in [1.82, 2.24) is 4.31 Å². The molecule has 3 aromatic rings. The van der Waals surface area contributed by atoms with E-state index in [0.29, 0.717) is 26.3 Å². The number of rotatable bonds is 7. The number of amides is 1. The predicted octanol–water partition coefficient (Wildman–Crippen LogP) is 6.13. The van der Waals surface area contributed by atoms with E-state index in [1.54, 1.807) is 30.3 Å². The van der Waals surface area contributed by atoms with Crippen molar-refractivity contribution in [3.8, 4) is 0 Å². The number of sulfonamides is 1. The molecule has 0 fully saturated rings. The van der Waals surface area contributed by atoms with E-state index in [9.17, 15) is 13.2 Å². The lowest BCUT2D eigenvalue weighted by Crippen LogP contribution is -2.37. The summed E-state index contributed by atoms with van der Waals surface area (Å²) >= 11 is 23.9. The second-order valence-corrected chi connectivity index (χ2v) is 10.2. The minimum absolute atomic E-state index is 0.0104. The Morgan fingerprint density at radius 2 is 1.48 bits per heavy atom. The average Bonchev–Trinajstić information content (AvgIpc) is 2.70. The minimum Gasteiger partial charge on any atom is -0.324 e. The topological polar surface area (TPSA) is 66.5 Å². The smallest absolute Gasteiger partial charge is 0.243 e. The Morgan fingerprint density at radius 3 is 2.13 bits per heavy atom. The SMILES string of the molecule is O=C(CN(Cc1cccc(Cl)c1)S(=O)(=O)c1ccc(Cl)cc1)Nc1ccc(Cl)cc1Cl.